The molecular weight excluding hydrogens is 258 g/mol. The molecule has 2 N–H and O–H groups in total. The van der Waals surface area contributed by atoms with Crippen molar-refractivity contribution in [2.45, 2.75) is 32.4 Å². The molecule has 104 valence electrons. The third-order valence-electron chi connectivity index (χ3n) is 3.37. The molecule has 0 aliphatic rings. The van der Waals surface area contributed by atoms with E-state index in [0.717, 1.165) is 5.56 Å². The molecule has 5 heteroatoms. The van der Waals surface area contributed by atoms with Crippen LogP contribution in [-0.2, 0) is 12.6 Å². The minimum Gasteiger partial charge on any atom is -0.384 e. The Morgan fingerprint density at radius 3 is 2.84 bits per heavy atom. The Morgan fingerprint density at radius 2 is 2.32 bits per heavy atom. The molecule has 0 saturated heterocycles. The lowest BCUT2D eigenvalue weighted by Gasteiger charge is -2.25. The van der Waals surface area contributed by atoms with Crippen LogP contribution < -0.4 is 5.32 Å². The first kappa shape index (κ1) is 14.2. The van der Waals surface area contributed by atoms with E-state index in [1.807, 2.05) is 20.2 Å². The molecule has 0 saturated carbocycles. The van der Waals surface area contributed by atoms with Crippen LogP contribution in [0.5, 0.6) is 0 Å². The molecule has 0 bridgehead atoms. The number of nitrogens with zero attached hydrogens (tertiary/aromatic N) is 2. The van der Waals surface area contributed by atoms with Gasteiger partial charge in [-0.15, -0.1) is 11.3 Å². The zero-order valence-corrected chi connectivity index (χ0v) is 12.7. The lowest BCUT2D eigenvalue weighted by atomic mass is 9.99. The second kappa shape index (κ2) is 5.45. The number of thiophene rings is 1. The maximum atomic E-state index is 10.5. The molecule has 2 atom stereocenters. The Bertz CT molecular complexity index is 544. The van der Waals surface area contributed by atoms with Gasteiger partial charge in [0.2, 0.25) is 0 Å². The van der Waals surface area contributed by atoms with Crippen molar-refractivity contribution in [3.8, 4) is 0 Å². The first-order valence-corrected chi connectivity index (χ1v) is 7.27. The van der Waals surface area contributed by atoms with Gasteiger partial charge in [0.25, 0.3) is 0 Å². The molecule has 0 spiro atoms. The number of hydrogen-bond acceptors (Lipinski definition) is 4. The van der Waals surface area contributed by atoms with Gasteiger partial charge in [-0.1, -0.05) is 0 Å². The third kappa shape index (κ3) is 3.23. The van der Waals surface area contributed by atoms with Crippen molar-refractivity contribution in [3.05, 3.63) is 39.8 Å². The molecule has 0 fully saturated rings. The molecular formula is C14H21N3OS. The summed E-state index contributed by atoms with van der Waals surface area (Å²) in [6, 6.07) is 2.36. The maximum Gasteiger partial charge on any atom is 0.102 e. The summed E-state index contributed by atoms with van der Waals surface area (Å²) in [7, 11) is 1.85. The first-order valence-electron chi connectivity index (χ1n) is 6.39. The number of hydrogen-bond donors (Lipinski definition) is 2. The van der Waals surface area contributed by atoms with Crippen LogP contribution in [0, 0.1) is 6.92 Å². The standard InChI is InChI=1S/C14H21N3OS/c1-10-5-6-19-13(10)11(2)15-9-14(3,18)12-7-16-17(4)8-12/h5-8,11,15,18H,9H2,1-4H3/t11-,14-/m1/s1. The molecule has 19 heavy (non-hydrogen) atoms. The van der Waals surface area contributed by atoms with Gasteiger partial charge in [0.05, 0.1) is 6.20 Å². The van der Waals surface area contributed by atoms with E-state index in [9.17, 15) is 5.11 Å². The Labute approximate surface area is 118 Å². The lowest BCUT2D eigenvalue weighted by molar-refractivity contribution is 0.0544. The molecule has 2 aromatic rings. The van der Waals surface area contributed by atoms with Gasteiger partial charge in [-0.3, -0.25) is 4.68 Å². The van der Waals surface area contributed by atoms with Crippen LogP contribution in [0.2, 0.25) is 0 Å². The van der Waals surface area contributed by atoms with Gasteiger partial charge >= 0.3 is 0 Å². The van der Waals surface area contributed by atoms with Crippen LogP contribution in [0.4, 0.5) is 0 Å². The number of aryl methyl sites for hydroxylation is 2. The van der Waals surface area contributed by atoms with Crippen LogP contribution in [0.1, 0.15) is 35.9 Å². The van der Waals surface area contributed by atoms with E-state index in [-0.39, 0.29) is 6.04 Å². The fraction of sp³-hybridized carbons (Fsp3) is 0.500. The number of aliphatic hydroxyl groups is 1. The van der Waals surface area contributed by atoms with Crippen LogP contribution in [0.3, 0.4) is 0 Å². The molecule has 0 radical (unpaired) electrons. The Balaban J connectivity index is 2.00. The molecule has 0 amide bonds. The fourth-order valence-electron chi connectivity index (χ4n) is 2.07. The molecule has 0 aliphatic heterocycles. The van der Waals surface area contributed by atoms with E-state index in [4.69, 9.17) is 0 Å². The summed E-state index contributed by atoms with van der Waals surface area (Å²) in [6.07, 6.45) is 3.56. The summed E-state index contributed by atoms with van der Waals surface area (Å²) >= 11 is 1.75. The van der Waals surface area contributed by atoms with Gasteiger partial charge < -0.3 is 10.4 Å². The van der Waals surface area contributed by atoms with Crippen molar-refractivity contribution in [2.24, 2.45) is 7.05 Å². The van der Waals surface area contributed by atoms with Gasteiger partial charge in [-0.25, -0.2) is 0 Å². The number of rotatable bonds is 5. The zero-order valence-electron chi connectivity index (χ0n) is 11.8. The Kier molecular flexibility index (Phi) is 4.08. The average Bonchev–Trinajstić information content (AvgIpc) is 2.95. The van der Waals surface area contributed by atoms with E-state index >= 15 is 0 Å². The van der Waals surface area contributed by atoms with Crippen LogP contribution in [0.25, 0.3) is 0 Å². The summed E-state index contributed by atoms with van der Waals surface area (Å²) in [5, 5.41) is 20.1. The fourth-order valence-corrected chi connectivity index (χ4v) is 3.03. The van der Waals surface area contributed by atoms with Crippen molar-refractivity contribution >= 4 is 11.3 Å². The molecule has 0 aliphatic carbocycles. The van der Waals surface area contributed by atoms with E-state index in [1.54, 1.807) is 22.2 Å². The molecule has 2 heterocycles. The second-order valence-corrected chi connectivity index (χ2v) is 6.19. The second-order valence-electron chi connectivity index (χ2n) is 5.25. The predicted molar refractivity (Wildman–Crippen MR) is 78.3 cm³/mol. The van der Waals surface area contributed by atoms with Gasteiger partial charge in [-0.2, -0.15) is 5.10 Å². The van der Waals surface area contributed by atoms with E-state index in [1.165, 1.54) is 10.4 Å². The largest absolute Gasteiger partial charge is 0.384 e. The maximum absolute atomic E-state index is 10.5. The Morgan fingerprint density at radius 1 is 1.58 bits per heavy atom. The van der Waals surface area contributed by atoms with E-state index in [0.29, 0.717) is 6.54 Å². The van der Waals surface area contributed by atoms with Crippen molar-refractivity contribution < 1.29 is 5.11 Å². The van der Waals surface area contributed by atoms with Crippen molar-refractivity contribution in [1.29, 1.82) is 0 Å². The summed E-state index contributed by atoms with van der Waals surface area (Å²) in [6.45, 7) is 6.55. The van der Waals surface area contributed by atoms with Crippen LogP contribution >= 0.6 is 11.3 Å². The zero-order chi connectivity index (χ0) is 14.0. The molecule has 4 nitrogen and oxygen atoms in total. The average molecular weight is 279 g/mol. The summed E-state index contributed by atoms with van der Waals surface area (Å²) < 4.78 is 1.71. The summed E-state index contributed by atoms with van der Waals surface area (Å²) in [5.41, 5.74) is 1.22. The van der Waals surface area contributed by atoms with Gasteiger partial charge in [0.1, 0.15) is 5.60 Å². The molecule has 2 aromatic heterocycles. The number of nitrogens with one attached hydrogen (secondary N) is 1. The van der Waals surface area contributed by atoms with Gasteiger partial charge in [0.15, 0.2) is 0 Å². The highest BCUT2D eigenvalue weighted by Crippen LogP contribution is 2.25. The molecule has 2 rings (SSSR count). The lowest BCUT2D eigenvalue weighted by Crippen LogP contribution is -2.36. The van der Waals surface area contributed by atoms with Gasteiger partial charge in [-0.05, 0) is 37.8 Å². The smallest absolute Gasteiger partial charge is 0.102 e. The summed E-state index contributed by atoms with van der Waals surface area (Å²) in [4.78, 5) is 1.32. The van der Waals surface area contributed by atoms with E-state index in [2.05, 4.69) is 35.7 Å². The predicted octanol–water partition coefficient (Wildman–Crippen LogP) is 2.35. The highest BCUT2D eigenvalue weighted by atomic mass is 32.1. The van der Waals surface area contributed by atoms with Gasteiger partial charge in [0, 0.05) is 36.3 Å². The van der Waals surface area contributed by atoms with Crippen LogP contribution in [0.15, 0.2) is 23.8 Å². The number of aromatic nitrogens is 2. The molecule has 0 unspecified atom stereocenters. The van der Waals surface area contributed by atoms with Crippen LogP contribution in [-0.4, -0.2) is 21.4 Å². The highest BCUT2D eigenvalue weighted by molar-refractivity contribution is 7.10. The third-order valence-corrected chi connectivity index (χ3v) is 4.58. The summed E-state index contributed by atoms with van der Waals surface area (Å²) in [5.74, 6) is 0. The highest BCUT2D eigenvalue weighted by Gasteiger charge is 2.25. The minimum atomic E-state index is -0.909. The quantitative estimate of drug-likeness (QED) is 0.883. The van der Waals surface area contributed by atoms with Crippen molar-refractivity contribution in [1.82, 2.24) is 15.1 Å². The van der Waals surface area contributed by atoms with Crippen molar-refractivity contribution in [2.75, 3.05) is 6.54 Å². The molecule has 0 aromatic carbocycles. The van der Waals surface area contributed by atoms with Crippen molar-refractivity contribution in [3.63, 3.8) is 0 Å². The van der Waals surface area contributed by atoms with E-state index < -0.39 is 5.60 Å². The monoisotopic (exact) mass is 279 g/mol. The SMILES string of the molecule is Cc1ccsc1[C@@H](C)NC[C@@](C)(O)c1cnn(C)c1. The minimum absolute atomic E-state index is 0.239. The first-order chi connectivity index (χ1) is 8.90. The Hall–Kier alpha value is -1.17. The normalized spacial score (nSPS) is 16.3. The topological polar surface area (TPSA) is 50.1 Å².